The summed E-state index contributed by atoms with van der Waals surface area (Å²) in [7, 11) is 0. The van der Waals surface area contributed by atoms with Gasteiger partial charge in [-0.1, -0.05) is 24.3 Å². The van der Waals surface area contributed by atoms with Crippen LogP contribution in [0.5, 0.6) is 0 Å². The lowest BCUT2D eigenvalue weighted by Gasteiger charge is -2.50. The molecular weight excluding hydrogens is 380 g/mol. The molecule has 1 N–H and O–H groups in total. The van der Waals surface area contributed by atoms with Crippen molar-refractivity contribution in [3.8, 4) is 0 Å². The zero-order valence-corrected chi connectivity index (χ0v) is 17.0. The molecule has 0 aliphatic carbocycles. The molecular formula is C23H26N4O3. The maximum atomic E-state index is 13.6. The fraction of sp³-hybridized carbons (Fsp3) is 0.478. The van der Waals surface area contributed by atoms with Gasteiger partial charge in [0.2, 0.25) is 11.8 Å². The number of carbonyl (C=O) groups is 3. The molecule has 156 valence electrons. The van der Waals surface area contributed by atoms with E-state index in [9.17, 15) is 14.4 Å². The molecule has 2 aromatic rings. The molecule has 2 atom stereocenters. The van der Waals surface area contributed by atoms with E-state index < -0.39 is 5.41 Å². The number of rotatable bonds is 2. The van der Waals surface area contributed by atoms with Gasteiger partial charge in [0.15, 0.2) is 0 Å². The molecule has 3 aliphatic rings. The summed E-state index contributed by atoms with van der Waals surface area (Å²) in [4.78, 5) is 47.2. The fourth-order valence-electron chi connectivity index (χ4n) is 5.33. The lowest BCUT2D eigenvalue weighted by atomic mass is 9.69. The van der Waals surface area contributed by atoms with Crippen LogP contribution in [-0.4, -0.2) is 64.7 Å². The number of likely N-dealkylation sites (tertiary alicyclic amines) is 2. The number of nitrogens with one attached hydrogen (secondary N) is 1. The van der Waals surface area contributed by atoms with E-state index in [1.807, 2.05) is 35.2 Å². The summed E-state index contributed by atoms with van der Waals surface area (Å²) < 4.78 is 0. The highest BCUT2D eigenvalue weighted by Gasteiger charge is 2.54. The van der Waals surface area contributed by atoms with E-state index in [0.29, 0.717) is 38.0 Å². The predicted molar refractivity (Wildman–Crippen MR) is 112 cm³/mol. The highest BCUT2D eigenvalue weighted by molar-refractivity contribution is 6.05. The number of pyridine rings is 1. The van der Waals surface area contributed by atoms with Crippen LogP contribution < -0.4 is 5.32 Å². The van der Waals surface area contributed by atoms with Crippen LogP contribution in [0.1, 0.15) is 42.6 Å². The van der Waals surface area contributed by atoms with Crippen LogP contribution in [0.25, 0.3) is 10.8 Å². The Bertz CT molecular complexity index is 1010. The van der Waals surface area contributed by atoms with Gasteiger partial charge in [-0.2, -0.15) is 0 Å². The molecule has 0 bridgehead atoms. The standard InChI is InChI=1S/C23H26N4O3/c28-19-7-10-23(22(30)26-12-3-4-13-26)15-27(14-9-18(23)25-19)21(29)20-17-6-2-1-5-16(17)8-11-24-20/h1-2,5-6,8,11,18H,3-4,7,9-10,12-15H2,(H,25,28). The molecule has 3 amide bonds. The van der Waals surface area contributed by atoms with Gasteiger partial charge in [-0.15, -0.1) is 0 Å². The molecule has 4 heterocycles. The molecule has 3 saturated heterocycles. The van der Waals surface area contributed by atoms with Crippen molar-refractivity contribution in [1.29, 1.82) is 0 Å². The third-order valence-corrected chi connectivity index (χ3v) is 6.94. The molecule has 1 aromatic heterocycles. The molecule has 7 heteroatoms. The van der Waals surface area contributed by atoms with Crippen LogP contribution in [0.15, 0.2) is 36.5 Å². The first-order valence-corrected chi connectivity index (χ1v) is 10.8. The van der Waals surface area contributed by atoms with Crippen LogP contribution in [0.2, 0.25) is 0 Å². The summed E-state index contributed by atoms with van der Waals surface area (Å²) in [6, 6.07) is 9.41. The van der Waals surface area contributed by atoms with E-state index in [1.165, 1.54) is 0 Å². The predicted octanol–water partition coefficient (Wildman–Crippen LogP) is 1.97. The van der Waals surface area contributed by atoms with Gasteiger partial charge in [0, 0.05) is 50.2 Å². The minimum atomic E-state index is -0.739. The molecule has 0 radical (unpaired) electrons. The van der Waals surface area contributed by atoms with Crippen LogP contribution >= 0.6 is 0 Å². The lowest BCUT2D eigenvalue weighted by Crippen LogP contribution is -2.67. The van der Waals surface area contributed by atoms with Crippen molar-refractivity contribution in [2.45, 2.75) is 38.1 Å². The van der Waals surface area contributed by atoms with Gasteiger partial charge in [0.1, 0.15) is 5.69 Å². The van der Waals surface area contributed by atoms with Crippen molar-refractivity contribution in [3.05, 3.63) is 42.2 Å². The van der Waals surface area contributed by atoms with E-state index in [-0.39, 0.29) is 23.8 Å². The van der Waals surface area contributed by atoms with Gasteiger partial charge in [-0.25, -0.2) is 0 Å². The third-order valence-electron chi connectivity index (χ3n) is 6.94. The zero-order chi connectivity index (χ0) is 20.7. The molecule has 5 rings (SSSR count). The van der Waals surface area contributed by atoms with Crippen molar-refractivity contribution in [3.63, 3.8) is 0 Å². The smallest absolute Gasteiger partial charge is 0.273 e. The first kappa shape index (κ1) is 19.0. The molecule has 30 heavy (non-hydrogen) atoms. The van der Waals surface area contributed by atoms with E-state index in [2.05, 4.69) is 10.3 Å². The topological polar surface area (TPSA) is 82.6 Å². The van der Waals surface area contributed by atoms with Crippen molar-refractivity contribution in [1.82, 2.24) is 20.1 Å². The maximum Gasteiger partial charge on any atom is 0.273 e. The van der Waals surface area contributed by atoms with Gasteiger partial charge in [-0.3, -0.25) is 19.4 Å². The average molecular weight is 406 g/mol. The highest BCUT2D eigenvalue weighted by atomic mass is 16.2. The molecule has 0 spiro atoms. The van der Waals surface area contributed by atoms with Crippen LogP contribution in [0.3, 0.4) is 0 Å². The zero-order valence-electron chi connectivity index (χ0n) is 17.0. The van der Waals surface area contributed by atoms with Gasteiger partial charge >= 0.3 is 0 Å². The Morgan fingerprint density at radius 1 is 1.07 bits per heavy atom. The van der Waals surface area contributed by atoms with Crippen molar-refractivity contribution in [2.75, 3.05) is 26.2 Å². The molecule has 2 unspecified atom stereocenters. The minimum absolute atomic E-state index is 0.000318. The first-order valence-electron chi connectivity index (χ1n) is 10.8. The first-order chi connectivity index (χ1) is 14.6. The number of hydrogen-bond donors (Lipinski definition) is 1. The van der Waals surface area contributed by atoms with Gasteiger partial charge < -0.3 is 15.1 Å². The SMILES string of the molecule is O=C1CCC2(C(=O)N3CCCC3)CN(C(=O)c3nccc4ccccc34)CCC2N1. The number of hydrogen-bond acceptors (Lipinski definition) is 4. The number of piperidine rings is 2. The van der Waals surface area contributed by atoms with Crippen molar-refractivity contribution >= 4 is 28.5 Å². The van der Waals surface area contributed by atoms with Crippen LogP contribution in [0, 0.1) is 5.41 Å². The summed E-state index contributed by atoms with van der Waals surface area (Å²) in [6.07, 6.45) is 5.09. The van der Waals surface area contributed by atoms with E-state index in [1.54, 1.807) is 11.1 Å². The fourth-order valence-corrected chi connectivity index (χ4v) is 5.33. The summed E-state index contributed by atoms with van der Waals surface area (Å²) in [5.41, 5.74) is -0.313. The van der Waals surface area contributed by atoms with Gasteiger partial charge in [0.05, 0.1) is 5.41 Å². The molecule has 7 nitrogen and oxygen atoms in total. The van der Waals surface area contributed by atoms with E-state index in [0.717, 1.165) is 36.7 Å². The normalized spacial score (nSPS) is 26.4. The minimum Gasteiger partial charge on any atom is -0.352 e. The monoisotopic (exact) mass is 406 g/mol. The molecule has 3 aliphatic heterocycles. The number of nitrogens with zero attached hydrogens (tertiary/aromatic N) is 3. The second-order valence-electron chi connectivity index (χ2n) is 8.67. The Morgan fingerprint density at radius 2 is 1.87 bits per heavy atom. The number of carbonyl (C=O) groups excluding carboxylic acids is 3. The average Bonchev–Trinajstić information content (AvgIpc) is 3.32. The maximum absolute atomic E-state index is 13.6. The van der Waals surface area contributed by atoms with Gasteiger partial charge in [0.25, 0.3) is 5.91 Å². The Hall–Kier alpha value is -2.96. The Morgan fingerprint density at radius 3 is 2.70 bits per heavy atom. The van der Waals surface area contributed by atoms with Crippen LogP contribution in [-0.2, 0) is 9.59 Å². The number of aromatic nitrogens is 1. The molecule has 3 fully saturated rings. The number of fused-ring (bicyclic) bond motifs is 2. The second kappa shape index (κ2) is 7.38. The van der Waals surface area contributed by atoms with E-state index in [4.69, 9.17) is 0 Å². The lowest BCUT2D eigenvalue weighted by molar-refractivity contribution is -0.151. The van der Waals surface area contributed by atoms with Crippen LogP contribution in [0.4, 0.5) is 0 Å². The quantitative estimate of drug-likeness (QED) is 0.827. The summed E-state index contributed by atoms with van der Waals surface area (Å²) in [6.45, 7) is 2.36. The largest absolute Gasteiger partial charge is 0.352 e. The Labute approximate surface area is 175 Å². The molecule has 0 saturated carbocycles. The molecule has 1 aromatic carbocycles. The van der Waals surface area contributed by atoms with Crippen molar-refractivity contribution < 1.29 is 14.4 Å². The summed E-state index contributed by atoms with van der Waals surface area (Å²) in [5.74, 6) is -0.0514. The third kappa shape index (κ3) is 3.04. The number of benzene rings is 1. The Kier molecular flexibility index (Phi) is 4.68. The Balaban J connectivity index is 1.48. The summed E-state index contributed by atoms with van der Waals surface area (Å²) >= 11 is 0. The van der Waals surface area contributed by atoms with Crippen molar-refractivity contribution in [2.24, 2.45) is 5.41 Å². The summed E-state index contributed by atoms with van der Waals surface area (Å²) in [5, 5.41) is 4.85. The van der Waals surface area contributed by atoms with Gasteiger partial charge in [-0.05, 0) is 37.1 Å². The van der Waals surface area contributed by atoms with E-state index >= 15 is 0 Å². The second-order valence-corrected chi connectivity index (χ2v) is 8.67. The highest BCUT2D eigenvalue weighted by Crippen LogP contribution is 2.40. The number of amides is 3.